The minimum atomic E-state index is -1.97. The molecule has 0 bridgehead atoms. The van der Waals surface area contributed by atoms with Gasteiger partial charge in [-0.25, -0.2) is 0 Å². The Kier molecular flexibility index (Phi) is 4.20. The lowest BCUT2D eigenvalue weighted by atomic mass is 9.78. The largest absolute Gasteiger partial charge is 0.508 e. The normalized spacial score (nSPS) is 12.9. The molecule has 1 unspecified atom stereocenters. The van der Waals surface area contributed by atoms with E-state index in [9.17, 15) is 9.67 Å². The van der Waals surface area contributed by atoms with E-state index in [1.807, 2.05) is 36.4 Å². The molecule has 3 nitrogen and oxygen atoms in total. The van der Waals surface area contributed by atoms with Crippen molar-refractivity contribution in [3.63, 3.8) is 0 Å². The molecule has 2 aromatic rings. The van der Waals surface area contributed by atoms with Crippen LogP contribution in [0.15, 0.2) is 48.5 Å². The van der Waals surface area contributed by atoms with E-state index in [1.54, 1.807) is 18.8 Å². The van der Waals surface area contributed by atoms with Gasteiger partial charge in [0.2, 0.25) is 8.03 Å². The van der Waals surface area contributed by atoms with Gasteiger partial charge in [-0.3, -0.25) is 4.57 Å². The first-order chi connectivity index (χ1) is 9.39. The van der Waals surface area contributed by atoms with E-state index < -0.39 is 8.03 Å². The molecule has 0 saturated carbocycles. The van der Waals surface area contributed by atoms with Crippen molar-refractivity contribution >= 4 is 8.03 Å². The molecule has 0 aliphatic carbocycles. The second kappa shape index (κ2) is 5.72. The Morgan fingerprint density at radius 3 is 1.85 bits per heavy atom. The summed E-state index contributed by atoms with van der Waals surface area (Å²) < 4.78 is 16.3. The van der Waals surface area contributed by atoms with Gasteiger partial charge in [0.05, 0.1) is 0 Å². The summed E-state index contributed by atoms with van der Waals surface area (Å²) >= 11 is 0. The van der Waals surface area contributed by atoms with Crippen LogP contribution in [-0.4, -0.2) is 11.8 Å². The third-order valence-electron chi connectivity index (χ3n) is 3.43. The van der Waals surface area contributed by atoms with Gasteiger partial charge in [0.15, 0.2) is 0 Å². The van der Waals surface area contributed by atoms with Gasteiger partial charge in [-0.15, -0.1) is 0 Å². The average molecular weight is 290 g/mol. The van der Waals surface area contributed by atoms with Gasteiger partial charge in [-0.2, -0.15) is 0 Å². The molecule has 0 aromatic heterocycles. The fourth-order valence-corrected chi connectivity index (χ4v) is 2.62. The molecule has 1 N–H and O–H groups in total. The zero-order valence-electron chi connectivity index (χ0n) is 11.9. The zero-order chi connectivity index (χ0) is 14.8. The summed E-state index contributed by atoms with van der Waals surface area (Å²) in [6.45, 7) is 5.81. The molecule has 0 radical (unpaired) electrons. The molecule has 2 aromatic carbocycles. The second-order valence-corrected chi connectivity index (χ2v) is 6.48. The molecule has 4 heteroatoms. The van der Waals surface area contributed by atoms with E-state index in [1.165, 1.54) is 0 Å². The lowest BCUT2D eigenvalue weighted by molar-refractivity contribution is 0.474. The van der Waals surface area contributed by atoms with Crippen LogP contribution in [0.2, 0.25) is 0 Å². The van der Waals surface area contributed by atoms with Gasteiger partial charge >= 0.3 is 0 Å². The average Bonchev–Trinajstić information content (AvgIpc) is 2.39. The number of phenols is 1. The highest BCUT2D eigenvalue weighted by atomic mass is 31.1. The van der Waals surface area contributed by atoms with Crippen molar-refractivity contribution in [2.75, 3.05) is 6.66 Å². The molecule has 2 rings (SSSR count). The Hall–Kier alpha value is -1.73. The molecule has 0 aliphatic rings. The summed E-state index contributed by atoms with van der Waals surface area (Å²) in [7, 11) is -1.97. The summed E-state index contributed by atoms with van der Waals surface area (Å²) in [5, 5.41) is 9.37. The minimum absolute atomic E-state index is 0.177. The first-order valence-corrected chi connectivity index (χ1v) is 8.30. The number of rotatable bonds is 4. The Balaban J connectivity index is 2.29. The fraction of sp³-hybridized carbons (Fsp3) is 0.250. The van der Waals surface area contributed by atoms with E-state index in [0.29, 0.717) is 5.75 Å². The van der Waals surface area contributed by atoms with Crippen LogP contribution in [0.1, 0.15) is 25.0 Å². The van der Waals surface area contributed by atoms with Crippen molar-refractivity contribution < 1.29 is 14.2 Å². The van der Waals surface area contributed by atoms with Crippen LogP contribution in [-0.2, 0) is 9.98 Å². The van der Waals surface area contributed by atoms with Gasteiger partial charge < -0.3 is 9.63 Å². The van der Waals surface area contributed by atoms with Gasteiger partial charge in [0.1, 0.15) is 11.5 Å². The Labute approximate surface area is 120 Å². The summed E-state index contributed by atoms with van der Waals surface area (Å²) in [5.41, 5.74) is 2.07. The topological polar surface area (TPSA) is 46.5 Å². The third-order valence-corrected chi connectivity index (χ3v) is 3.95. The molecule has 0 heterocycles. The number of benzene rings is 2. The zero-order valence-corrected chi connectivity index (χ0v) is 12.9. The monoisotopic (exact) mass is 290 g/mol. The summed E-state index contributed by atoms with van der Waals surface area (Å²) in [6, 6.07) is 14.9. The third kappa shape index (κ3) is 3.23. The maximum absolute atomic E-state index is 11.1. The van der Waals surface area contributed by atoms with Crippen LogP contribution in [0.4, 0.5) is 0 Å². The summed E-state index contributed by atoms with van der Waals surface area (Å²) in [5.74, 6) is 0.892. The molecule has 1 atom stereocenters. The van der Waals surface area contributed by atoms with Crippen molar-refractivity contribution in [3.05, 3.63) is 59.7 Å². The number of hydrogen-bond donors (Lipinski definition) is 1. The van der Waals surface area contributed by atoms with Crippen molar-refractivity contribution in [1.29, 1.82) is 0 Å². The van der Waals surface area contributed by atoms with Crippen LogP contribution >= 0.6 is 8.03 Å². The molecule has 0 amide bonds. The van der Waals surface area contributed by atoms with E-state index in [0.717, 1.165) is 11.1 Å². The highest BCUT2D eigenvalue weighted by Gasteiger charge is 2.22. The van der Waals surface area contributed by atoms with Crippen LogP contribution in [0, 0.1) is 0 Å². The highest BCUT2D eigenvalue weighted by molar-refractivity contribution is 7.38. The van der Waals surface area contributed by atoms with Gasteiger partial charge in [0, 0.05) is 12.1 Å². The molecule has 20 heavy (non-hydrogen) atoms. The van der Waals surface area contributed by atoms with E-state index in [4.69, 9.17) is 4.52 Å². The Morgan fingerprint density at radius 1 is 0.950 bits per heavy atom. The summed E-state index contributed by atoms with van der Waals surface area (Å²) in [4.78, 5) is 0. The molecule has 0 aliphatic heterocycles. The van der Waals surface area contributed by atoms with E-state index in [2.05, 4.69) is 13.8 Å². The Bertz CT molecular complexity index is 601. The SMILES string of the molecule is C[PH](=O)Oc1ccc(C(C)(C)c2ccc(O)cc2)cc1. The smallest absolute Gasteiger partial charge is 0.233 e. The number of hydrogen-bond acceptors (Lipinski definition) is 3. The van der Waals surface area contributed by atoms with Gasteiger partial charge in [-0.05, 0) is 35.4 Å². The van der Waals surface area contributed by atoms with Crippen LogP contribution in [0.3, 0.4) is 0 Å². The predicted molar refractivity (Wildman–Crippen MR) is 82.2 cm³/mol. The molecular formula is C16H19O3P. The molecule has 0 saturated heterocycles. The first kappa shape index (κ1) is 14.7. The van der Waals surface area contributed by atoms with Gasteiger partial charge in [-0.1, -0.05) is 38.1 Å². The first-order valence-electron chi connectivity index (χ1n) is 6.48. The molecular weight excluding hydrogens is 271 g/mol. The second-order valence-electron chi connectivity index (χ2n) is 5.29. The Morgan fingerprint density at radius 2 is 1.40 bits per heavy atom. The number of aromatic hydroxyl groups is 1. The standard InChI is InChI=1S/C16H19O3P/c1-16(2,12-4-8-14(17)9-5-12)13-6-10-15(11-7-13)19-20(3)18/h4-11,17,20H,1-3H3. The van der Waals surface area contributed by atoms with Gasteiger partial charge in [0.25, 0.3) is 0 Å². The quantitative estimate of drug-likeness (QED) is 0.858. The fourth-order valence-electron chi connectivity index (χ4n) is 2.15. The minimum Gasteiger partial charge on any atom is -0.508 e. The predicted octanol–water partition coefficient (Wildman–Crippen LogP) is 4.20. The van der Waals surface area contributed by atoms with Crippen molar-refractivity contribution in [1.82, 2.24) is 0 Å². The lowest BCUT2D eigenvalue weighted by Crippen LogP contribution is -2.18. The van der Waals surface area contributed by atoms with Crippen molar-refractivity contribution in [2.45, 2.75) is 19.3 Å². The highest BCUT2D eigenvalue weighted by Crippen LogP contribution is 2.34. The molecule has 106 valence electrons. The van der Waals surface area contributed by atoms with E-state index in [-0.39, 0.29) is 11.2 Å². The van der Waals surface area contributed by atoms with Crippen molar-refractivity contribution in [2.24, 2.45) is 0 Å². The molecule has 0 fully saturated rings. The maximum Gasteiger partial charge on any atom is 0.233 e. The van der Waals surface area contributed by atoms with Crippen molar-refractivity contribution in [3.8, 4) is 11.5 Å². The maximum atomic E-state index is 11.1. The number of phenolic OH excluding ortho intramolecular Hbond substituents is 1. The van der Waals surface area contributed by atoms with E-state index >= 15 is 0 Å². The van der Waals surface area contributed by atoms with Crippen LogP contribution < -0.4 is 4.52 Å². The molecule has 0 spiro atoms. The summed E-state index contributed by atoms with van der Waals surface area (Å²) in [6.07, 6.45) is 0. The van der Waals surface area contributed by atoms with Crippen LogP contribution in [0.5, 0.6) is 11.5 Å². The lowest BCUT2D eigenvalue weighted by Gasteiger charge is -2.26. The van der Waals surface area contributed by atoms with Crippen LogP contribution in [0.25, 0.3) is 0 Å².